The number of methoxy groups -OCH3 is 1. The molecule has 0 bridgehead atoms. The van der Waals surface area contributed by atoms with Gasteiger partial charge < -0.3 is 19.9 Å². The summed E-state index contributed by atoms with van der Waals surface area (Å²) in [7, 11) is 1.74. The predicted octanol–water partition coefficient (Wildman–Crippen LogP) is 3.23. The van der Waals surface area contributed by atoms with Crippen LogP contribution in [0, 0.1) is 0 Å². The van der Waals surface area contributed by atoms with Gasteiger partial charge in [0.1, 0.15) is 18.1 Å². The van der Waals surface area contributed by atoms with Crippen LogP contribution in [-0.4, -0.2) is 25.4 Å². The van der Waals surface area contributed by atoms with Crippen molar-refractivity contribution in [2.45, 2.75) is 31.8 Å². The lowest BCUT2D eigenvalue weighted by Gasteiger charge is -2.28. The number of rotatable bonds is 7. The molecule has 2 N–H and O–H groups in total. The van der Waals surface area contributed by atoms with Crippen LogP contribution in [0.5, 0.6) is 11.5 Å². The van der Waals surface area contributed by atoms with E-state index in [1.807, 2.05) is 24.3 Å². The molecule has 0 amide bonds. The maximum atomic E-state index is 8.96. The SMILES string of the molecule is COc1cccc2c1CCC[C@@H]2NCc1ccccc1OCCO. The molecule has 1 aliphatic rings. The van der Waals surface area contributed by atoms with E-state index in [0.717, 1.165) is 42.9 Å². The van der Waals surface area contributed by atoms with Crippen molar-refractivity contribution in [1.82, 2.24) is 5.32 Å². The molecule has 128 valence electrons. The molecule has 0 unspecified atom stereocenters. The number of aliphatic hydroxyl groups is 1. The van der Waals surface area contributed by atoms with Gasteiger partial charge in [0.25, 0.3) is 0 Å². The average Bonchev–Trinajstić information content (AvgIpc) is 2.64. The van der Waals surface area contributed by atoms with Crippen molar-refractivity contribution < 1.29 is 14.6 Å². The first-order valence-electron chi connectivity index (χ1n) is 8.54. The highest BCUT2D eigenvalue weighted by Crippen LogP contribution is 2.35. The van der Waals surface area contributed by atoms with E-state index in [1.165, 1.54) is 11.1 Å². The first-order valence-corrected chi connectivity index (χ1v) is 8.54. The van der Waals surface area contributed by atoms with Gasteiger partial charge in [-0.2, -0.15) is 0 Å². The Labute approximate surface area is 143 Å². The van der Waals surface area contributed by atoms with Crippen LogP contribution in [0.3, 0.4) is 0 Å². The molecule has 24 heavy (non-hydrogen) atoms. The van der Waals surface area contributed by atoms with E-state index in [9.17, 15) is 0 Å². The monoisotopic (exact) mass is 327 g/mol. The number of para-hydroxylation sites is 1. The van der Waals surface area contributed by atoms with Gasteiger partial charge in [0.05, 0.1) is 13.7 Å². The zero-order valence-electron chi connectivity index (χ0n) is 14.1. The third-order valence-corrected chi connectivity index (χ3v) is 4.54. The molecule has 1 atom stereocenters. The molecule has 2 aromatic rings. The summed E-state index contributed by atoms with van der Waals surface area (Å²) in [4.78, 5) is 0. The fourth-order valence-corrected chi connectivity index (χ4v) is 3.40. The minimum Gasteiger partial charge on any atom is -0.496 e. The van der Waals surface area contributed by atoms with Gasteiger partial charge in [-0.1, -0.05) is 30.3 Å². The predicted molar refractivity (Wildman–Crippen MR) is 94.5 cm³/mol. The summed E-state index contributed by atoms with van der Waals surface area (Å²) < 4.78 is 11.1. The zero-order valence-corrected chi connectivity index (χ0v) is 14.1. The van der Waals surface area contributed by atoms with Gasteiger partial charge in [-0.3, -0.25) is 0 Å². The first kappa shape index (κ1) is 16.8. The van der Waals surface area contributed by atoms with Gasteiger partial charge in [-0.25, -0.2) is 0 Å². The summed E-state index contributed by atoms with van der Waals surface area (Å²) in [6.07, 6.45) is 3.36. The van der Waals surface area contributed by atoms with Crippen LogP contribution in [0.1, 0.15) is 35.6 Å². The lowest BCUT2D eigenvalue weighted by Crippen LogP contribution is -2.25. The van der Waals surface area contributed by atoms with E-state index in [-0.39, 0.29) is 6.61 Å². The van der Waals surface area contributed by atoms with Gasteiger partial charge >= 0.3 is 0 Å². The van der Waals surface area contributed by atoms with Crippen molar-refractivity contribution in [2.24, 2.45) is 0 Å². The van der Waals surface area contributed by atoms with E-state index in [1.54, 1.807) is 7.11 Å². The summed E-state index contributed by atoms with van der Waals surface area (Å²) in [5, 5.41) is 12.6. The normalized spacial score (nSPS) is 16.5. The fourth-order valence-electron chi connectivity index (χ4n) is 3.40. The topological polar surface area (TPSA) is 50.7 Å². The van der Waals surface area contributed by atoms with E-state index >= 15 is 0 Å². The molecule has 3 rings (SSSR count). The number of nitrogens with one attached hydrogen (secondary N) is 1. The van der Waals surface area contributed by atoms with E-state index in [0.29, 0.717) is 12.6 Å². The van der Waals surface area contributed by atoms with Crippen LogP contribution < -0.4 is 14.8 Å². The van der Waals surface area contributed by atoms with E-state index < -0.39 is 0 Å². The van der Waals surface area contributed by atoms with E-state index in [2.05, 4.69) is 23.5 Å². The van der Waals surface area contributed by atoms with Crippen LogP contribution >= 0.6 is 0 Å². The summed E-state index contributed by atoms with van der Waals surface area (Å²) in [5.74, 6) is 1.83. The van der Waals surface area contributed by atoms with Crippen molar-refractivity contribution in [3.63, 3.8) is 0 Å². The number of ether oxygens (including phenoxy) is 2. The quantitative estimate of drug-likeness (QED) is 0.820. The standard InChI is InChI=1S/C20H25NO3/c1-23-20-11-5-7-16-17(20)8-4-9-18(16)21-14-15-6-2-3-10-19(15)24-13-12-22/h2-3,5-7,10-11,18,21-22H,4,8-9,12-14H2,1H3/t18-/m0/s1. The molecule has 1 aliphatic carbocycles. The Hall–Kier alpha value is -2.04. The fraction of sp³-hybridized carbons (Fsp3) is 0.400. The Morgan fingerprint density at radius 3 is 2.79 bits per heavy atom. The summed E-state index contributed by atoms with van der Waals surface area (Å²) in [6, 6.07) is 14.6. The summed E-state index contributed by atoms with van der Waals surface area (Å²) in [5.41, 5.74) is 3.78. The highest BCUT2D eigenvalue weighted by Gasteiger charge is 2.22. The molecular formula is C20H25NO3. The maximum Gasteiger partial charge on any atom is 0.123 e. The highest BCUT2D eigenvalue weighted by atomic mass is 16.5. The van der Waals surface area contributed by atoms with Crippen LogP contribution in [-0.2, 0) is 13.0 Å². The molecule has 0 saturated heterocycles. The Morgan fingerprint density at radius 2 is 1.96 bits per heavy atom. The highest BCUT2D eigenvalue weighted by molar-refractivity contribution is 5.43. The van der Waals surface area contributed by atoms with Gasteiger partial charge in [0.2, 0.25) is 0 Å². The Bertz CT molecular complexity index is 672. The third kappa shape index (κ3) is 3.71. The van der Waals surface area contributed by atoms with Gasteiger partial charge in [0.15, 0.2) is 0 Å². The zero-order chi connectivity index (χ0) is 16.8. The second-order valence-corrected chi connectivity index (χ2v) is 6.03. The molecule has 2 aromatic carbocycles. The van der Waals surface area contributed by atoms with Crippen molar-refractivity contribution in [1.29, 1.82) is 0 Å². The molecule has 0 saturated carbocycles. The molecule has 0 aliphatic heterocycles. The molecule has 0 radical (unpaired) electrons. The van der Waals surface area contributed by atoms with Gasteiger partial charge in [-0.05, 0) is 42.5 Å². The van der Waals surface area contributed by atoms with E-state index in [4.69, 9.17) is 14.6 Å². The minimum absolute atomic E-state index is 0.0254. The second-order valence-electron chi connectivity index (χ2n) is 6.03. The smallest absolute Gasteiger partial charge is 0.123 e. The van der Waals surface area contributed by atoms with Gasteiger partial charge in [0, 0.05) is 18.2 Å². The van der Waals surface area contributed by atoms with Crippen LogP contribution in [0.4, 0.5) is 0 Å². The number of hydrogen-bond donors (Lipinski definition) is 2. The Morgan fingerprint density at radius 1 is 1.12 bits per heavy atom. The number of benzene rings is 2. The molecular weight excluding hydrogens is 302 g/mol. The van der Waals surface area contributed by atoms with Crippen molar-refractivity contribution in [3.8, 4) is 11.5 Å². The molecule has 0 fully saturated rings. The third-order valence-electron chi connectivity index (χ3n) is 4.54. The van der Waals surface area contributed by atoms with Crippen molar-refractivity contribution >= 4 is 0 Å². The van der Waals surface area contributed by atoms with Crippen LogP contribution in [0.15, 0.2) is 42.5 Å². The Balaban J connectivity index is 1.73. The molecule has 0 heterocycles. The summed E-state index contributed by atoms with van der Waals surface area (Å²) in [6.45, 7) is 1.08. The molecule has 4 heteroatoms. The molecule has 4 nitrogen and oxygen atoms in total. The first-order chi connectivity index (χ1) is 11.8. The molecule has 0 aromatic heterocycles. The second kappa shape index (κ2) is 8.18. The average molecular weight is 327 g/mol. The number of fused-ring (bicyclic) bond motifs is 1. The van der Waals surface area contributed by atoms with Crippen molar-refractivity contribution in [2.75, 3.05) is 20.3 Å². The largest absolute Gasteiger partial charge is 0.496 e. The molecule has 0 spiro atoms. The van der Waals surface area contributed by atoms with Crippen molar-refractivity contribution in [3.05, 3.63) is 59.2 Å². The summed E-state index contributed by atoms with van der Waals surface area (Å²) >= 11 is 0. The van der Waals surface area contributed by atoms with Crippen LogP contribution in [0.2, 0.25) is 0 Å². The maximum absolute atomic E-state index is 8.96. The van der Waals surface area contributed by atoms with Crippen LogP contribution in [0.25, 0.3) is 0 Å². The Kier molecular flexibility index (Phi) is 5.72. The number of aliphatic hydroxyl groups excluding tert-OH is 1. The van der Waals surface area contributed by atoms with Gasteiger partial charge in [-0.15, -0.1) is 0 Å². The number of hydrogen-bond acceptors (Lipinski definition) is 4. The minimum atomic E-state index is 0.0254. The lowest BCUT2D eigenvalue weighted by molar-refractivity contribution is 0.200. The lowest BCUT2D eigenvalue weighted by atomic mass is 9.87.